The Balaban J connectivity index is 1.64. The van der Waals surface area contributed by atoms with Crippen molar-refractivity contribution in [3.63, 3.8) is 0 Å². The third kappa shape index (κ3) is 3.21. The summed E-state index contributed by atoms with van der Waals surface area (Å²) in [6.45, 7) is 2.81. The third-order valence-corrected chi connectivity index (χ3v) is 8.00. The fourth-order valence-electron chi connectivity index (χ4n) is 6.30. The van der Waals surface area contributed by atoms with Crippen LogP contribution in [0.2, 0.25) is 0 Å². The Morgan fingerprint density at radius 2 is 1.69 bits per heavy atom. The minimum absolute atomic E-state index is 0.0713. The molecule has 5 rings (SSSR count). The smallest absolute Gasteiger partial charge is 0.196 e. The lowest BCUT2D eigenvalue weighted by Crippen LogP contribution is -2.72. The quantitative estimate of drug-likeness (QED) is 0.247. The fourth-order valence-corrected chi connectivity index (χ4v) is 6.30. The van der Waals surface area contributed by atoms with Gasteiger partial charge in [-0.2, -0.15) is 0 Å². The topological polar surface area (TPSA) is 202 Å². The second-order valence-corrected chi connectivity index (χ2v) is 10.7. The molecular weight excluding hydrogens is 476 g/mol. The Labute approximate surface area is 205 Å². The number of phenolic OH excluding ortho intramolecular Hbond substituents is 1. The zero-order valence-corrected chi connectivity index (χ0v) is 19.6. The van der Waals surface area contributed by atoms with Gasteiger partial charge in [0.2, 0.25) is 0 Å². The Hall–Kier alpha value is -2.51. The second-order valence-electron chi connectivity index (χ2n) is 10.7. The van der Waals surface area contributed by atoms with Gasteiger partial charge in [0.05, 0.1) is 41.2 Å². The van der Waals surface area contributed by atoms with Gasteiger partial charge in [-0.15, -0.1) is 0 Å². The summed E-state index contributed by atoms with van der Waals surface area (Å²) in [7, 11) is 0. The first-order valence-electron chi connectivity index (χ1n) is 11.7. The van der Waals surface area contributed by atoms with Gasteiger partial charge in [0.25, 0.3) is 0 Å². The van der Waals surface area contributed by atoms with Crippen LogP contribution >= 0.6 is 0 Å². The Bertz CT molecular complexity index is 1220. The van der Waals surface area contributed by atoms with Gasteiger partial charge < -0.3 is 40.5 Å². The van der Waals surface area contributed by atoms with Crippen LogP contribution in [-0.4, -0.2) is 94.3 Å². The largest absolute Gasteiger partial charge is 0.507 e. The van der Waals surface area contributed by atoms with Gasteiger partial charge in [0.1, 0.15) is 17.5 Å². The molecule has 1 aromatic rings. The lowest BCUT2D eigenvalue weighted by atomic mass is 9.54. The fraction of sp³-hybridized carbons (Fsp3) is 0.560. The molecule has 0 amide bonds. The molecule has 1 saturated carbocycles. The zero-order chi connectivity index (χ0) is 26.5. The molecule has 1 aliphatic heterocycles. The van der Waals surface area contributed by atoms with E-state index in [1.54, 1.807) is 0 Å². The first kappa shape index (κ1) is 25.2. The van der Waals surface area contributed by atoms with E-state index in [0.717, 1.165) is 0 Å². The number of benzene rings is 1. The van der Waals surface area contributed by atoms with E-state index in [2.05, 4.69) is 0 Å². The van der Waals surface area contributed by atoms with Crippen LogP contribution in [0.3, 0.4) is 0 Å². The van der Waals surface area contributed by atoms with E-state index in [-0.39, 0.29) is 17.5 Å². The van der Waals surface area contributed by atoms with Crippen molar-refractivity contribution >= 4 is 17.3 Å². The maximum absolute atomic E-state index is 13.6. The molecule has 1 heterocycles. The van der Waals surface area contributed by atoms with Crippen LogP contribution in [0.5, 0.6) is 5.75 Å². The average molecular weight is 504 g/mol. The van der Waals surface area contributed by atoms with Crippen LogP contribution < -0.4 is 0 Å². The molecule has 3 aliphatic carbocycles. The summed E-state index contributed by atoms with van der Waals surface area (Å²) in [5.74, 6) is -3.72. The van der Waals surface area contributed by atoms with Gasteiger partial charge in [-0.05, 0) is 19.9 Å². The standard InChI is InChI=1S/C25H28O11/c1-9-19(29)12(26)5-14(36-9)10-3-4-11-16(20(10)30)22(32)17-13(27)6-24(34)8-23(2,33)7-15(28)25(24,35)18(17)21(11)31/h3-4,9,12-14,19,26-27,29-30,33-35H,5-8H2,1-2H3/t9-,12-,13-,14-,19-,23+,24+,25+/m1/s1. The highest BCUT2D eigenvalue weighted by atomic mass is 16.5. The summed E-state index contributed by atoms with van der Waals surface area (Å²) in [5.41, 5.74) is -9.06. The first-order chi connectivity index (χ1) is 16.6. The zero-order valence-electron chi connectivity index (χ0n) is 19.6. The highest BCUT2D eigenvalue weighted by molar-refractivity contribution is 6.31. The summed E-state index contributed by atoms with van der Waals surface area (Å²) in [4.78, 5) is 40.3. The number of carbonyl (C=O) groups excluding carboxylic acids is 3. The van der Waals surface area contributed by atoms with Gasteiger partial charge >= 0.3 is 0 Å². The molecule has 0 bridgehead atoms. The van der Waals surface area contributed by atoms with E-state index < -0.39 is 106 Å². The molecule has 1 aromatic carbocycles. The number of aromatic hydroxyl groups is 1. The minimum Gasteiger partial charge on any atom is -0.507 e. The molecule has 4 aliphatic rings. The number of carbonyl (C=O) groups is 3. The van der Waals surface area contributed by atoms with E-state index in [4.69, 9.17) is 4.74 Å². The van der Waals surface area contributed by atoms with Crippen molar-refractivity contribution < 1.29 is 54.9 Å². The van der Waals surface area contributed by atoms with Gasteiger partial charge in [0, 0.05) is 42.4 Å². The molecule has 36 heavy (non-hydrogen) atoms. The Morgan fingerprint density at radius 1 is 1.03 bits per heavy atom. The van der Waals surface area contributed by atoms with Crippen molar-refractivity contribution in [2.24, 2.45) is 0 Å². The molecule has 11 heteroatoms. The maximum atomic E-state index is 13.6. The van der Waals surface area contributed by atoms with Gasteiger partial charge in [-0.25, -0.2) is 0 Å². The van der Waals surface area contributed by atoms with Crippen molar-refractivity contribution in [1.82, 2.24) is 0 Å². The van der Waals surface area contributed by atoms with E-state index >= 15 is 0 Å². The Kier molecular flexibility index (Phi) is 5.41. The van der Waals surface area contributed by atoms with Crippen LogP contribution in [-0.2, 0) is 9.53 Å². The SMILES string of the molecule is C[C@H]1O[C@@H](c2ccc3c(c2O)C(=O)C2=C(C3=O)[C@@]3(O)C(=O)C[C@](C)(O)C[C@@]3(O)C[C@H]2O)C[C@@H](O)[C@@H]1O. The molecule has 0 unspecified atom stereocenters. The number of phenols is 1. The van der Waals surface area contributed by atoms with Crippen molar-refractivity contribution in [3.8, 4) is 5.75 Å². The summed E-state index contributed by atoms with van der Waals surface area (Å²) in [5, 5.41) is 75.2. The summed E-state index contributed by atoms with van der Waals surface area (Å²) >= 11 is 0. The molecule has 194 valence electrons. The van der Waals surface area contributed by atoms with Crippen molar-refractivity contribution in [3.05, 3.63) is 40.0 Å². The monoisotopic (exact) mass is 504 g/mol. The minimum atomic E-state index is -2.84. The molecule has 8 atom stereocenters. The molecule has 0 radical (unpaired) electrons. The number of hydrogen-bond acceptors (Lipinski definition) is 11. The highest BCUT2D eigenvalue weighted by Crippen LogP contribution is 2.54. The number of ketones is 3. The molecule has 2 fully saturated rings. The maximum Gasteiger partial charge on any atom is 0.196 e. The number of Topliss-reactive ketones (excluding diaryl/α,β-unsaturated/α-hetero) is 3. The average Bonchev–Trinajstić information content (AvgIpc) is 2.76. The third-order valence-electron chi connectivity index (χ3n) is 8.00. The van der Waals surface area contributed by atoms with Gasteiger partial charge in [0.15, 0.2) is 23.0 Å². The summed E-state index contributed by atoms with van der Waals surface area (Å²) < 4.78 is 5.68. The molecule has 0 spiro atoms. The van der Waals surface area contributed by atoms with Crippen LogP contribution in [0.25, 0.3) is 0 Å². The van der Waals surface area contributed by atoms with E-state index in [1.807, 2.05) is 0 Å². The molecule has 7 N–H and O–H groups in total. The first-order valence-corrected chi connectivity index (χ1v) is 11.7. The van der Waals surface area contributed by atoms with E-state index in [0.29, 0.717) is 0 Å². The lowest BCUT2D eigenvalue weighted by molar-refractivity contribution is -0.207. The number of fused-ring (bicyclic) bond motifs is 3. The molecule has 11 nitrogen and oxygen atoms in total. The normalized spacial score (nSPS) is 42.7. The predicted octanol–water partition coefficient (Wildman–Crippen LogP) is -1.02. The van der Waals surface area contributed by atoms with Crippen LogP contribution in [0.15, 0.2) is 23.3 Å². The van der Waals surface area contributed by atoms with Crippen molar-refractivity contribution in [2.75, 3.05) is 0 Å². The van der Waals surface area contributed by atoms with E-state index in [1.165, 1.54) is 26.0 Å². The van der Waals surface area contributed by atoms with Crippen LogP contribution in [0.4, 0.5) is 0 Å². The summed E-state index contributed by atoms with van der Waals surface area (Å²) in [6.07, 6.45) is -7.73. The summed E-state index contributed by atoms with van der Waals surface area (Å²) in [6, 6.07) is 2.50. The van der Waals surface area contributed by atoms with Crippen molar-refractivity contribution in [2.45, 2.75) is 86.9 Å². The number of ether oxygens (including phenoxy) is 1. The predicted molar refractivity (Wildman–Crippen MR) is 119 cm³/mol. The molecule has 1 saturated heterocycles. The second kappa shape index (κ2) is 7.75. The van der Waals surface area contributed by atoms with Crippen LogP contribution in [0.1, 0.15) is 71.9 Å². The van der Waals surface area contributed by atoms with E-state index in [9.17, 15) is 50.1 Å². The van der Waals surface area contributed by atoms with Gasteiger partial charge in [-0.1, -0.05) is 6.07 Å². The highest BCUT2D eigenvalue weighted by Gasteiger charge is 2.69. The number of aliphatic hydroxyl groups excluding tert-OH is 3. The lowest BCUT2D eigenvalue weighted by Gasteiger charge is -2.54. The van der Waals surface area contributed by atoms with Gasteiger partial charge in [-0.3, -0.25) is 14.4 Å². The van der Waals surface area contributed by atoms with Crippen LogP contribution in [0, 0.1) is 0 Å². The molecule has 0 aromatic heterocycles. The number of rotatable bonds is 1. The number of aliphatic hydroxyl groups is 6. The van der Waals surface area contributed by atoms with Crippen molar-refractivity contribution in [1.29, 1.82) is 0 Å². The molecular formula is C25H28O11. The number of hydrogen-bond donors (Lipinski definition) is 7. The Morgan fingerprint density at radius 3 is 2.33 bits per heavy atom.